The van der Waals surface area contributed by atoms with Gasteiger partial charge in [0.25, 0.3) is 5.91 Å². The van der Waals surface area contributed by atoms with Gasteiger partial charge in [0, 0.05) is 13.2 Å². The first-order valence-corrected chi connectivity index (χ1v) is 9.48. The third kappa shape index (κ3) is 2.88. The van der Waals surface area contributed by atoms with Crippen LogP contribution in [0.25, 0.3) is 0 Å². The molecule has 3 aromatic rings. The van der Waals surface area contributed by atoms with Gasteiger partial charge in [0.15, 0.2) is 0 Å². The van der Waals surface area contributed by atoms with Crippen molar-refractivity contribution in [1.29, 1.82) is 0 Å². The second-order valence-electron chi connectivity index (χ2n) is 7.59. The van der Waals surface area contributed by atoms with Crippen LogP contribution in [0.4, 0.5) is 5.82 Å². The number of carbonyl (C=O) groups excluding carboxylic acids is 2. The molecule has 29 heavy (non-hydrogen) atoms. The highest BCUT2D eigenvalue weighted by Gasteiger charge is 2.56. The number of benzene rings is 1. The van der Waals surface area contributed by atoms with Gasteiger partial charge in [0.1, 0.15) is 11.4 Å². The number of carbonyl (C=O) groups is 2. The van der Waals surface area contributed by atoms with Gasteiger partial charge in [0.2, 0.25) is 5.89 Å². The predicted octanol–water partition coefficient (Wildman–Crippen LogP) is 2.08. The molecule has 0 atom stereocenters. The lowest BCUT2D eigenvalue weighted by Crippen LogP contribution is -2.63. The summed E-state index contributed by atoms with van der Waals surface area (Å²) >= 11 is 0. The monoisotopic (exact) mass is 389 g/mol. The summed E-state index contributed by atoms with van der Waals surface area (Å²) in [6.07, 6.45) is 3.18. The molecular weight excluding hydrogens is 370 g/mol. The highest BCUT2D eigenvalue weighted by molar-refractivity contribution is 6.05. The molecule has 0 spiro atoms. The third-order valence-corrected chi connectivity index (χ3v) is 5.69. The Kier molecular flexibility index (Phi) is 3.94. The predicted molar refractivity (Wildman–Crippen MR) is 103 cm³/mol. The Hall–Kier alpha value is -3.55. The van der Waals surface area contributed by atoms with Gasteiger partial charge in [-0.2, -0.15) is 0 Å². The molecule has 2 amide bonds. The first-order valence-electron chi connectivity index (χ1n) is 9.48. The number of likely N-dealkylation sites (N-methyl/N-ethyl adjacent to an activating group) is 1. The van der Waals surface area contributed by atoms with Crippen molar-refractivity contribution in [3.8, 4) is 0 Å². The van der Waals surface area contributed by atoms with Crippen LogP contribution < -0.4 is 10.2 Å². The first-order chi connectivity index (χ1) is 14.1. The van der Waals surface area contributed by atoms with Crippen molar-refractivity contribution in [2.45, 2.75) is 30.7 Å². The smallest absolute Gasteiger partial charge is 0.309 e. The van der Waals surface area contributed by atoms with E-state index in [2.05, 4.69) is 20.5 Å². The zero-order valence-electron chi connectivity index (χ0n) is 15.8. The molecule has 1 aliphatic carbocycles. The fourth-order valence-electron chi connectivity index (χ4n) is 4.22. The van der Waals surface area contributed by atoms with E-state index in [0.717, 1.165) is 11.1 Å². The highest BCUT2D eigenvalue weighted by atomic mass is 16.4. The number of pyridine rings is 1. The van der Waals surface area contributed by atoms with Gasteiger partial charge in [-0.25, -0.2) is 4.98 Å². The Morgan fingerprint density at radius 2 is 2.00 bits per heavy atom. The van der Waals surface area contributed by atoms with Crippen molar-refractivity contribution >= 4 is 17.6 Å². The summed E-state index contributed by atoms with van der Waals surface area (Å²) in [4.78, 5) is 31.7. The number of aromatic nitrogens is 3. The summed E-state index contributed by atoms with van der Waals surface area (Å²) in [7, 11) is 1.69. The standard InChI is InChI=1S/C21H19N5O3/c1-26-17-15(8-5-9-22-17)14-11-21(12-14,20(26)28)23-18(27)19-25-24-16(29-19)10-13-6-3-2-4-7-13/h2-9,14H,10-12H2,1H3,(H,23,27)/t14-,21+. The summed E-state index contributed by atoms with van der Waals surface area (Å²) in [5.41, 5.74) is 1.08. The van der Waals surface area contributed by atoms with Crippen molar-refractivity contribution in [2.24, 2.45) is 0 Å². The van der Waals surface area contributed by atoms with E-state index in [-0.39, 0.29) is 17.7 Å². The minimum Gasteiger partial charge on any atom is -0.417 e. The van der Waals surface area contributed by atoms with Crippen LogP contribution in [0.15, 0.2) is 53.1 Å². The number of anilines is 1. The van der Waals surface area contributed by atoms with Crippen LogP contribution in [0.5, 0.6) is 0 Å². The van der Waals surface area contributed by atoms with E-state index in [1.807, 2.05) is 42.5 Å². The minimum atomic E-state index is -0.967. The van der Waals surface area contributed by atoms with E-state index in [0.29, 0.717) is 31.0 Å². The van der Waals surface area contributed by atoms with Crippen LogP contribution in [0.3, 0.4) is 0 Å². The molecule has 6 rings (SSSR count). The van der Waals surface area contributed by atoms with Crippen LogP contribution in [0, 0.1) is 0 Å². The molecule has 4 heterocycles. The van der Waals surface area contributed by atoms with Crippen molar-refractivity contribution in [2.75, 3.05) is 11.9 Å². The maximum atomic E-state index is 13.1. The van der Waals surface area contributed by atoms with Crippen molar-refractivity contribution in [3.05, 3.63) is 71.6 Å². The van der Waals surface area contributed by atoms with Crippen LogP contribution >= 0.6 is 0 Å². The maximum absolute atomic E-state index is 13.1. The van der Waals surface area contributed by atoms with Gasteiger partial charge in [0.05, 0.1) is 6.42 Å². The third-order valence-electron chi connectivity index (χ3n) is 5.69. The number of hydrogen-bond donors (Lipinski definition) is 1. The topological polar surface area (TPSA) is 101 Å². The average molecular weight is 389 g/mol. The fourth-order valence-corrected chi connectivity index (χ4v) is 4.22. The van der Waals surface area contributed by atoms with E-state index >= 15 is 0 Å². The van der Waals surface area contributed by atoms with E-state index in [4.69, 9.17) is 4.42 Å². The van der Waals surface area contributed by atoms with Gasteiger partial charge in [-0.15, -0.1) is 10.2 Å². The molecule has 1 fully saturated rings. The van der Waals surface area contributed by atoms with E-state index in [1.54, 1.807) is 13.2 Å². The minimum absolute atomic E-state index is 0.135. The molecule has 0 radical (unpaired) electrons. The average Bonchev–Trinajstić information content (AvgIpc) is 3.13. The SMILES string of the molecule is CN1c2ncccc2[C@H]2C[C@@](NC(=O)c3nnc(Cc4ccccc4)o3)(C2)C1=O. The van der Waals surface area contributed by atoms with Gasteiger partial charge in [-0.1, -0.05) is 36.4 Å². The molecule has 2 aliphatic heterocycles. The van der Waals surface area contributed by atoms with E-state index < -0.39 is 11.4 Å². The largest absolute Gasteiger partial charge is 0.417 e. The quantitative estimate of drug-likeness (QED) is 0.733. The molecule has 1 N–H and O–H groups in total. The molecule has 1 aromatic carbocycles. The Labute approximate surface area is 167 Å². The lowest BCUT2D eigenvalue weighted by molar-refractivity contribution is -0.127. The van der Waals surface area contributed by atoms with Crippen molar-refractivity contribution < 1.29 is 14.0 Å². The lowest BCUT2D eigenvalue weighted by Gasteiger charge is -2.44. The summed E-state index contributed by atoms with van der Waals surface area (Å²) < 4.78 is 5.54. The number of nitrogens with one attached hydrogen (secondary N) is 1. The Bertz CT molecular complexity index is 1090. The Morgan fingerprint density at radius 3 is 2.79 bits per heavy atom. The molecule has 146 valence electrons. The van der Waals surface area contributed by atoms with Gasteiger partial charge in [-0.3, -0.25) is 14.5 Å². The van der Waals surface area contributed by atoms with Crippen LogP contribution in [-0.4, -0.2) is 39.6 Å². The molecule has 1 saturated carbocycles. The fraction of sp³-hybridized carbons (Fsp3) is 0.286. The second kappa shape index (κ2) is 6.51. The molecule has 0 unspecified atom stereocenters. The summed E-state index contributed by atoms with van der Waals surface area (Å²) in [6, 6.07) is 13.5. The summed E-state index contributed by atoms with van der Waals surface area (Å²) in [6.45, 7) is 0. The maximum Gasteiger partial charge on any atom is 0.309 e. The van der Waals surface area contributed by atoms with E-state index in [1.165, 1.54) is 4.90 Å². The van der Waals surface area contributed by atoms with Crippen LogP contribution in [0.2, 0.25) is 0 Å². The number of hydrogen-bond acceptors (Lipinski definition) is 6. The summed E-state index contributed by atoms with van der Waals surface area (Å²) in [5, 5.41) is 10.7. The molecule has 3 aliphatic rings. The lowest BCUT2D eigenvalue weighted by atomic mass is 9.66. The molecule has 2 bridgehead atoms. The number of nitrogens with zero attached hydrogens (tertiary/aromatic N) is 4. The first kappa shape index (κ1) is 17.5. The summed E-state index contributed by atoms with van der Waals surface area (Å²) in [5.74, 6) is 0.345. The zero-order chi connectivity index (χ0) is 20.0. The Balaban J connectivity index is 1.34. The van der Waals surface area contributed by atoms with E-state index in [9.17, 15) is 9.59 Å². The molecular formula is C21H19N5O3. The second-order valence-corrected chi connectivity index (χ2v) is 7.59. The number of fused-ring (bicyclic) bond motifs is 1. The zero-order valence-corrected chi connectivity index (χ0v) is 15.8. The highest BCUT2D eigenvalue weighted by Crippen LogP contribution is 2.51. The van der Waals surface area contributed by atoms with Gasteiger partial charge < -0.3 is 9.73 Å². The number of amides is 2. The van der Waals surface area contributed by atoms with Crippen LogP contribution in [0.1, 0.15) is 46.5 Å². The van der Waals surface area contributed by atoms with Gasteiger partial charge >= 0.3 is 11.8 Å². The van der Waals surface area contributed by atoms with Crippen LogP contribution in [-0.2, 0) is 11.2 Å². The van der Waals surface area contributed by atoms with Gasteiger partial charge in [-0.05, 0) is 36.0 Å². The molecule has 8 nitrogen and oxygen atoms in total. The number of rotatable bonds is 4. The van der Waals surface area contributed by atoms with Crippen molar-refractivity contribution in [1.82, 2.24) is 20.5 Å². The molecule has 8 heteroatoms. The normalized spacial score (nSPS) is 22.4. The molecule has 2 aromatic heterocycles. The Morgan fingerprint density at radius 1 is 1.21 bits per heavy atom. The van der Waals surface area contributed by atoms with Crippen molar-refractivity contribution in [3.63, 3.8) is 0 Å². The molecule has 0 saturated heterocycles.